The first-order valence-electron chi connectivity index (χ1n) is 13.3. The van der Waals surface area contributed by atoms with Crippen LogP contribution in [0.2, 0.25) is 0 Å². The molecule has 0 atom stereocenters. The van der Waals surface area contributed by atoms with Crippen LogP contribution >= 0.6 is 0 Å². The van der Waals surface area contributed by atoms with Gasteiger partial charge in [0.2, 0.25) is 0 Å². The second-order valence-corrected chi connectivity index (χ2v) is 10.6. The minimum absolute atomic E-state index is 0.0442. The Morgan fingerprint density at radius 2 is 0.974 bits per heavy atom. The van der Waals surface area contributed by atoms with Gasteiger partial charge in [0, 0.05) is 22.4 Å². The van der Waals surface area contributed by atoms with Gasteiger partial charge in [-0.2, -0.15) is 0 Å². The van der Waals surface area contributed by atoms with Gasteiger partial charge in [0.1, 0.15) is 0 Å². The monoisotopic (exact) mass is 487 g/mol. The molecule has 0 saturated heterocycles. The van der Waals surface area contributed by atoms with Gasteiger partial charge in [0.15, 0.2) is 0 Å². The van der Waals surface area contributed by atoms with E-state index in [9.17, 15) is 0 Å². The van der Waals surface area contributed by atoms with Crippen LogP contribution in [0.15, 0.2) is 140 Å². The number of hydrogen-bond donors (Lipinski definition) is 0. The lowest BCUT2D eigenvalue weighted by atomic mass is 9.82. The van der Waals surface area contributed by atoms with Gasteiger partial charge in [0.25, 0.3) is 0 Å². The first kappa shape index (κ1) is 22.6. The molecule has 1 aliphatic carbocycles. The normalized spacial score (nSPS) is 13.2. The third kappa shape index (κ3) is 3.47. The zero-order valence-corrected chi connectivity index (χ0v) is 21.7. The second-order valence-electron chi connectivity index (χ2n) is 10.6. The summed E-state index contributed by atoms with van der Waals surface area (Å²) in [6, 6.07) is 50.6. The van der Waals surface area contributed by atoms with Crippen LogP contribution in [0.3, 0.4) is 0 Å². The van der Waals surface area contributed by atoms with E-state index in [1.165, 1.54) is 49.8 Å². The van der Waals surface area contributed by atoms with Gasteiger partial charge in [-0.05, 0) is 75.0 Å². The molecule has 6 aromatic rings. The largest absolute Gasteiger partial charge is 0.310 e. The zero-order chi connectivity index (χ0) is 25.7. The van der Waals surface area contributed by atoms with Crippen molar-refractivity contribution in [3.8, 4) is 22.3 Å². The average molecular weight is 488 g/mol. The molecular formula is C37H29N. The van der Waals surface area contributed by atoms with Gasteiger partial charge in [-0.25, -0.2) is 0 Å². The molecule has 0 amide bonds. The maximum atomic E-state index is 2.40. The van der Waals surface area contributed by atoms with Gasteiger partial charge in [-0.1, -0.05) is 117 Å². The van der Waals surface area contributed by atoms with E-state index < -0.39 is 0 Å². The van der Waals surface area contributed by atoms with Crippen LogP contribution in [-0.2, 0) is 5.41 Å². The van der Waals surface area contributed by atoms with Crippen molar-refractivity contribution in [2.24, 2.45) is 0 Å². The topological polar surface area (TPSA) is 3.24 Å². The molecule has 0 N–H and O–H groups in total. The van der Waals surface area contributed by atoms with Crippen LogP contribution in [0.5, 0.6) is 0 Å². The van der Waals surface area contributed by atoms with E-state index in [1.54, 1.807) is 0 Å². The molecule has 0 spiro atoms. The highest BCUT2D eigenvalue weighted by Crippen LogP contribution is 2.54. The van der Waals surface area contributed by atoms with Gasteiger partial charge in [0.05, 0.1) is 5.69 Å². The fourth-order valence-corrected chi connectivity index (χ4v) is 6.19. The van der Waals surface area contributed by atoms with Crippen molar-refractivity contribution >= 4 is 27.8 Å². The van der Waals surface area contributed by atoms with Gasteiger partial charge < -0.3 is 4.90 Å². The zero-order valence-electron chi connectivity index (χ0n) is 21.7. The summed E-state index contributed by atoms with van der Waals surface area (Å²) in [7, 11) is 0. The van der Waals surface area contributed by atoms with Crippen molar-refractivity contribution in [1.82, 2.24) is 0 Å². The summed E-state index contributed by atoms with van der Waals surface area (Å²) in [5.41, 5.74) is 11.4. The van der Waals surface area contributed by atoms with Crippen molar-refractivity contribution in [3.63, 3.8) is 0 Å². The molecule has 1 nitrogen and oxygen atoms in total. The summed E-state index contributed by atoms with van der Waals surface area (Å²) >= 11 is 0. The quantitative estimate of drug-likeness (QED) is 0.239. The van der Waals surface area contributed by atoms with Crippen molar-refractivity contribution in [1.29, 1.82) is 0 Å². The third-order valence-electron chi connectivity index (χ3n) is 8.03. The number of benzene rings is 6. The summed E-state index contributed by atoms with van der Waals surface area (Å²) in [6.07, 6.45) is 0. The van der Waals surface area contributed by atoms with E-state index in [0.29, 0.717) is 0 Å². The molecule has 0 saturated carbocycles. The number of rotatable bonds is 4. The Balaban J connectivity index is 1.58. The average Bonchev–Trinajstić information content (AvgIpc) is 3.21. The van der Waals surface area contributed by atoms with Crippen LogP contribution in [0.1, 0.15) is 25.0 Å². The van der Waals surface area contributed by atoms with Crippen molar-refractivity contribution in [2.75, 3.05) is 4.90 Å². The van der Waals surface area contributed by atoms with Crippen LogP contribution in [-0.4, -0.2) is 0 Å². The van der Waals surface area contributed by atoms with Crippen LogP contribution in [0.4, 0.5) is 17.1 Å². The SMILES string of the molecule is CC1(C)c2ccccc2-c2c(-c3cc4ccccc4cc3N(c3ccccc3)c3ccccc3)cccc21. The predicted molar refractivity (Wildman–Crippen MR) is 162 cm³/mol. The molecule has 7 rings (SSSR count). The number of para-hydroxylation sites is 2. The van der Waals surface area contributed by atoms with Crippen molar-refractivity contribution < 1.29 is 0 Å². The summed E-state index contributed by atoms with van der Waals surface area (Å²) in [5.74, 6) is 0. The predicted octanol–water partition coefficient (Wildman–Crippen LogP) is 10.3. The molecule has 1 aliphatic rings. The fraction of sp³-hybridized carbons (Fsp3) is 0.0811. The Morgan fingerprint density at radius 3 is 1.66 bits per heavy atom. The van der Waals surface area contributed by atoms with Crippen molar-refractivity contribution in [3.05, 3.63) is 151 Å². The molecule has 0 unspecified atom stereocenters. The standard InChI is InChI=1S/C37H29N/c1-37(2)33-22-12-11-20-31(33)36-30(21-13-23-34(36)37)32-24-26-14-9-10-15-27(26)25-35(32)38(28-16-5-3-6-17-28)29-18-7-4-8-19-29/h3-25H,1-2H3. The summed E-state index contributed by atoms with van der Waals surface area (Å²) in [5, 5.41) is 2.48. The van der Waals surface area contributed by atoms with E-state index in [4.69, 9.17) is 0 Å². The summed E-state index contributed by atoms with van der Waals surface area (Å²) < 4.78 is 0. The minimum atomic E-state index is -0.0442. The molecule has 182 valence electrons. The molecule has 1 heteroatoms. The molecule has 6 aromatic carbocycles. The Labute approximate surface area is 224 Å². The fourth-order valence-electron chi connectivity index (χ4n) is 6.19. The smallest absolute Gasteiger partial charge is 0.0546 e. The number of hydrogen-bond acceptors (Lipinski definition) is 1. The van der Waals surface area contributed by atoms with E-state index in [1.807, 2.05) is 0 Å². The number of nitrogens with zero attached hydrogens (tertiary/aromatic N) is 1. The third-order valence-corrected chi connectivity index (χ3v) is 8.03. The van der Waals surface area contributed by atoms with E-state index in [0.717, 1.165) is 11.4 Å². The molecule has 0 heterocycles. The molecule has 0 aliphatic heterocycles. The molecule has 0 aromatic heterocycles. The van der Waals surface area contributed by atoms with Crippen LogP contribution in [0, 0.1) is 0 Å². The highest BCUT2D eigenvalue weighted by atomic mass is 15.1. The Bertz CT molecular complexity index is 1740. The molecule has 38 heavy (non-hydrogen) atoms. The minimum Gasteiger partial charge on any atom is -0.310 e. The van der Waals surface area contributed by atoms with E-state index >= 15 is 0 Å². The summed E-state index contributed by atoms with van der Waals surface area (Å²) in [6.45, 7) is 4.70. The van der Waals surface area contributed by atoms with E-state index in [-0.39, 0.29) is 5.41 Å². The lowest BCUT2D eigenvalue weighted by Crippen LogP contribution is -2.14. The molecule has 0 bridgehead atoms. The number of anilines is 3. The molecule has 0 radical (unpaired) electrons. The first-order valence-corrected chi connectivity index (χ1v) is 13.3. The summed E-state index contributed by atoms with van der Waals surface area (Å²) in [4.78, 5) is 2.40. The Kier molecular flexibility index (Phi) is 5.19. The van der Waals surface area contributed by atoms with Crippen molar-refractivity contribution in [2.45, 2.75) is 19.3 Å². The van der Waals surface area contributed by atoms with Gasteiger partial charge in [-0.15, -0.1) is 0 Å². The maximum absolute atomic E-state index is 2.40. The lowest BCUT2D eigenvalue weighted by molar-refractivity contribution is 0.660. The lowest BCUT2D eigenvalue weighted by Gasteiger charge is -2.29. The van der Waals surface area contributed by atoms with E-state index in [2.05, 4.69) is 158 Å². The van der Waals surface area contributed by atoms with Crippen LogP contribution in [0.25, 0.3) is 33.0 Å². The van der Waals surface area contributed by atoms with Crippen LogP contribution < -0.4 is 4.90 Å². The highest BCUT2D eigenvalue weighted by Gasteiger charge is 2.37. The van der Waals surface area contributed by atoms with Gasteiger partial charge in [-0.3, -0.25) is 0 Å². The maximum Gasteiger partial charge on any atom is 0.0546 e. The molecule has 0 fully saturated rings. The first-order chi connectivity index (χ1) is 18.6. The second kappa shape index (κ2) is 8.75. The molecular weight excluding hydrogens is 458 g/mol. The van der Waals surface area contributed by atoms with Gasteiger partial charge >= 0.3 is 0 Å². The number of fused-ring (bicyclic) bond motifs is 4. The highest BCUT2D eigenvalue weighted by molar-refractivity contribution is 6.03. The Hall–Kier alpha value is -4.62. The Morgan fingerprint density at radius 1 is 0.447 bits per heavy atom.